The Balaban J connectivity index is 1.49. The Hall–Kier alpha value is -2.59. The molecular weight excluding hydrogens is 545 g/mol. The summed E-state index contributed by atoms with van der Waals surface area (Å²) >= 11 is 0. The third-order valence-corrected chi connectivity index (χ3v) is 9.66. The highest BCUT2D eigenvalue weighted by atomic mass is 32.2. The predicted molar refractivity (Wildman–Crippen MR) is 128 cm³/mol. The summed E-state index contributed by atoms with van der Waals surface area (Å²) in [6.45, 7) is -0.547. The van der Waals surface area contributed by atoms with Gasteiger partial charge in [0.05, 0.1) is 24.3 Å². The van der Waals surface area contributed by atoms with Crippen molar-refractivity contribution in [1.82, 2.24) is 19.9 Å². The maximum atomic E-state index is 13.8. The molecule has 15 heteroatoms. The van der Waals surface area contributed by atoms with Crippen LogP contribution in [0.1, 0.15) is 38.1 Å². The fraction of sp³-hybridized carbons (Fsp3) is 0.625. The fourth-order valence-corrected chi connectivity index (χ4v) is 7.41. The molecule has 0 radical (unpaired) electrons. The monoisotopic (exact) mass is 574 g/mol. The molecular formula is C24H29F3N4O7S. The lowest BCUT2D eigenvalue weighted by Gasteiger charge is -2.56. The summed E-state index contributed by atoms with van der Waals surface area (Å²) < 4.78 is 72.0. The van der Waals surface area contributed by atoms with E-state index >= 15 is 0 Å². The molecule has 3 aliphatic rings. The van der Waals surface area contributed by atoms with Crippen LogP contribution in [0.4, 0.5) is 13.2 Å². The second-order valence-corrected chi connectivity index (χ2v) is 12.7. The van der Waals surface area contributed by atoms with Crippen molar-refractivity contribution < 1.29 is 46.4 Å². The minimum Gasteiger partial charge on any atom is -0.394 e. The minimum absolute atomic E-state index is 0.0109. The first kappa shape index (κ1) is 28.0. The molecule has 1 aromatic carbocycles. The van der Waals surface area contributed by atoms with Crippen LogP contribution in [-0.2, 0) is 19.4 Å². The van der Waals surface area contributed by atoms with Crippen LogP contribution in [0.15, 0.2) is 18.3 Å². The first-order valence-electron chi connectivity index (χ1n) is 12.7. The standard InChI is InChI=1S/C24H29F3N4O7S/c25-15-8-14(9-16(26)20(15)27)17-11-31(29-28-17)21-22(34)18(12-32)38-24(23(21)35)5-1-2-19(33)30(24)10-13-3-6-39(36,37)7-4-13/h8-9,11,13,18,21-23,32,34-35H,1-7,10,12H2/t18-,21+,22+,23-,24?/m1/s1. The molecule has 1 aromatic heterocycles. The molecule has 0 bridgehead atoms. The summed E-state index contributed by atoms with van der Waals surface area (Å²) in [5.41, 5.74) is -1.87. The van der Waals surface area contributed by atoms with E-state index in [1.807, 2.05) is 0 Å². The number of carbonyl (C=O) groups is 1. The molecule has 4 heterocycles. The lowest BCUT2D eigenvalue weighted by molar-refractivity contribution is -0.310. The number of aromatic nitrogens is 3. The number of sulfone groups is 1. The van der Waals surface area contributed by atoms with E-state index in [4.69, 9.17) is 4.74 Å². The summed E-state index contributed by atoms with van der Waals surface area (Å²) in [5, 5.41) is 40.5. The number of halogens is 3. The van der Waals surface area contributed by atoms with Gasteiger partial charge in [0, 0.05) is 18.5 Å². The molecule has 1 spiro atoms. The molecule has 11 nitrogen and oxygen atoms in total. The number of carbonyl (C=O) groups excluding carboxylic acids is 1. The average molecular weight is 575 g/mol. The van der Waals surface area contributed by atoms with Crippen molar-refractivity contribution in [2.24, 2.45) is 5.92 Å². The van der Waals surface area contributed by atoms with Gasteiger partial charge in [0.15, 0.2) is 23.2 Å². The molecule has 3 saturated heterocycles. The van der Waals surface area contributed by atoms with Crippen LogP contribution in [0.5, 0.6) is 0 Å². The number of amides is 1. The summed E-state index contributed by atoms with van der Waals surface area (Å²) in [6.07, 6.45) is -1.77. The Morgan fingerprint density at radius 3 is 2.44 bits per heavy atom. The number of piperidine rings is 1. The van der Waals surface area contributed by atoms with Gasteiger partial charge in [-0.25, -0.2) is 26.3 Å². The van der Waals surface area contributed by atoms with Gasteiger partial charge in [-0.3, -0.25) is 4.79 Å². The zero-order valence-corrected chi connectivity index (χ0v) is 21.6. The fourth-order valence-electron chi connectivity index (χ4n) is 5.82. The SMILES string of the molecule is O=C1CCCC2(O[C@H](CO)[C@H](O)[C@H](n3cc(-c4cc(F)c(F)c(F)c4)nn3)[C@H]2O)N1CC1CCS(=O)(=O)CC1. The Morgan fingerprint density at radius 2 is 1.79 bits per heavy atom. The van der Waals surface area contributed by atoms with Crippen LogP contribution < -0.4 is 0 Å². The van der Waals surface area contributed by atoms with E-state index < -0.39 is 64.0 Å². The van der Waals surface area contributed by atoms with Crippen molar-refractivity contribution >= 4 is 15.7 Å². The first-order valence-corrected chi connectivity index (χ1v) is 14.5. The highest BCUT2D eigenvalue weighted by molar-refractivity contribution is 7.91. The van der Waals surface area contributed by atoms with Gasteiger partial charge in [-0.2, -0.15) is 0 Å². The quantitative estimate of drug-likeness (QED) is 0.434. The molecule has 5 rings (SSSR count). The smallest absolute Gasteiger partial charge is 0.224 e. The molecule has 214 valence electrons. The van der Waals surface area contributed by atoms with Crippen molar-refractivity contribution in [1.29, 1.82) is 0 Å². The second kappa shape index (κ2) is 10.4. The van der Waals surface area contributed by atoms with E-state index in [1.165, 1.54) is 11.1 Å². The van der Waals surface area contributed by atoms with E-state index in [2.05, 4.69) is 10.3 Å². The number of ether oxygens (including phenoxy) is 1. The lowest BCUT2D eigenvalue weighted by Crippen LogP contribution is -2.72. The molecule has 5 atom stereocenters. The minimum atomic E-state index is -3.14. The molecule has 0 aliphatic carbocycles. The normalized spacial score (nSPS) is 31.6. The van der Waals surface area contributed by atoms with Crippen molar-refractivity contribution in [3.05, 3.63) is 35.8 Å². The van der Waals surface area contributed by atoms with Gasteiger partial charge >= 0.3 is 0 Å². The summed E-state index contributed by atoms with van der Waals surface area (Å²) in [6, 6.07) is 0.161. The number of hydrogen-bond acceptors (Lipinski definition) is 9. The molecule has 1 amide bonds. The van der Waals surface area contributed by atoms with Crippen LogP contribution in [0, 0.1) is 23.4 Å². The van der Waals surface area contributed by atoms with Crippen LogP contribution in [0.3, 0.4) is 0 Å². The molecule has 2 aromatic rings. The Morgan fingerprint density at radius 1 is 1.13 bits per heavy atom. The second-order valence-electron chi connectivity index (χ2n) is 10.4. The number of rotatable bonds is 5. The highest BCUT2D eigenvalue weighted by Crippen LogP contribution is 2.45. The zero-order chi connectivity index (χ0) is 28.1. The van der Waals surface area contributed by atoms with Crippen molar-refractivity contribution in [3.8, 4) is 11.3 Å². The number of hydrogen-bond donors (Lipinski definition) is 3. The molecule has 39 heavy (non-hydrogen) atoms. The van der Waals surface area contributed by atoms with Crippen molar-refractivity contribution in [3.63, 3.8) is 0 Å². The molecule has 3 fully saturated rings. The topological polar surface area (TPSA) is 155 Å². The highest BCUT2D eigenvalue weighted by Gasteiger charge is 2.60. The number of benzene rings is 1. The van der Waals surface area contributed by atoms with Crippen LogP contribution in [0.25, 0.3) is 11.3 Å². The van der Waals surface area contributed by atoms with Gasteiger partial charge in [-0.1, -0.05) is 5.21 Å². The Labute approximate surface area is 222 Å². The van der Waals surface area contributed by atoms with Gasteiger partial charge in [-0.15, -0.1) is 5.10 Å². The van der Waals surface area contributed by atoms with E-state index in [9.17, 15) is 41.7 Å². The number of likely N-dealkylation sites (tertiary alicyclic amines) is 1. The maximum Gasteiger partial charge on any atom is 0.224 e. The average Bonchev–Trinajstić information content (AvgIpc) is 3.37. The lowest BCUT2D eigenvalue weighted by atomic mass is 9.81. The van der Waals surface area contributed by atoms with E-state index in [0.29, 0.717) is 19.3 Å². The summed E-state index contributed by atoms with van der Waals surface area (Å²) in [7, 11) is -3.14. The number of nitrogens with zero attached hydrogens (tertiary/aromatic N) is 4. The van der Waals surface area contributed by atoms with Crippen LogP contribution >= 0.6 is 0 Å². The molecule has 0 saturated carbocycles. The maximum absolute atomic E-state index is 13.8. The summed E-state index contributed by atoms with van der Waals surface area (Å²) in [4.78, 5) is 14.6. The van der Waals surface area contributed by atoms with Gasteiger partial charge in [-0.05, 0) is 43.7 Å². The predicted octanol–water partition coefficient (Wildman–Crippen LogP) is 0.550. The van der Waals surface area contributed by atoms with Gasteiger partial charge < -0.3 is 25.0 Å². The summed E-state index contributed by atoms with van der Waals surface area (Å²) in [5.74, 6) is -5.02. The van der Waals surface area contributed by atoms with Crippen LogP contribution in [0.2, 0.25) is 0 Å². The Bertz CT molecular complexity index is 1320. The van der Waals surface area contributed by atoms with Crippen LogP contribution in [-0.4, -0.2) is 98.2 Å². The number of aliphatic hydroxyl groups is 3. The van der Waals surface area contributed by atoms with Crippen molar-refractivity contribution in [2.45, 2.75) is 62.2 Å². The van der Waals surface area contributed by atoms with Gasteiger partial charge in [0.2, 0.25) is 5.91 Å². The zero-order valence-electron chi connectivity index (χ0n) is 20.8. The van der Waals surface area contributed by atoms with E-state index in [0.717, 1.165) is 16.8 Å². The third-order valence-electron chi connectivity index (χ3n) is 7.95. The molecule has 3 N–H and O–H groups in total. The van der Waals surface area contributed by atoms with E-state index in [-0.39, 0.29) is 54.0 Å². The molecule has 3 aliphatic heterocycles. The Kier molecular flexibility index (Phi) is 7.47. The number of aliphatic hydroxyl groups excluding tert-OH is 3. The van der Waals surface area contributed by atoms with E-state index in [1.54, 1.807) is 0 Å². The van der Waals surface area contributed by atoms with Gasteiger partial charge in [0.25, 0.3) is 0 Å². The van der Waals surface area contributed by atoms with Crippen molar-refractivity contribution in [2.75, 3.05) is 24.7 Å². The third kappa shape index (κ3) is 5.06. The first-order chi connectivity index (χ1) is 18.5. The van der Waals surface area contributed by atoms with Gasteiger partial charge in [0.1, 0.15) is 39.9 Å². The molecule has 1 unspecified atom stereocenters. The largest absolute Gasteiger partial charge is 0.394 e.